The smallest absolute Gasteiger partial charge is 0.347 e. The summed E-state index contributed by atoms with van der Waals surface area (Å²) in [4.78, 5) is 10.5. The van der Waals surface area contributed by atoms with E-state index < -0.39 is 12.1 Å². The Labute approximate surface area is 86.4 Å². The molecule has 0 saturated carbocycles. The van der Waals surface area contributed by atoms with Crippen LogP contribution in [-0.4, -0.2) is 31.2 Å². The Morgan fingerprint density at radius 3 is 2.60 bits per heavy atom. The van der Waals surface area contributed by atoms with Gasteiger partial charge in [0.2, 0.25) is 0 Å². The first kappa shape index (κ1) is 12.3. The Balaban J connectivity index is 2.23. The minimum Gasteiger partial charge on any atom is -0.347 e. The molecule has 1 fully saturated rings. The molecule has 1 amide bonds. The van der Waals surface area contributed by atoms with Crippen molar-refractivity contribution < 1.29 is 18.0 Å². The van der Waals surface area contributed by atoms with E-state index in [2.05, 4.69) is 12.2 Å². The molecule has 0 aromatic carbocycles. The molecular formula is C9H15F3N2O. The lowest BCUT2D eigenvalue weighted by Gasteiger charge is -2.27. The number of carbonyl (C=O) groups excluding carboxylic acids is 1. The van der Waals surface area contributed by atoms with Gasteiger partial charge in [-0.15, -0.1) is 0 Å². The van der Waals surface area contributed by atoms with Crippen LogP contribution in [-0.2, 0) is 4.79 Å². The van der Waals surface area contributed by atoms with Crippen molar-refractivity contribution >= 4 is 5.91 Å². The van der Waals surface area contributed by atoms with Crippen LogP contribution in [0.2, 0.25) is 0 Å². The zero-order valence-electron chi connectivity index (χ0n) is 8.53. The van der Waals surface area contributed by atoms with Gasteiger partial charge in [0.25, 0.3) is 0 Å². The minimum absolute atomic E-state index is 0.0347. The number of alkyl halides is 3. The Hall–Kier alpha value is -0.780. The SMILES string of the molecule is C[C@H]1CC[C@@H](CNC(=O)C(F)(F)F)NC1. The number of piperidine rings is 1. The number of hydrogen-bond donors (Lipinski definition) is 2. The first-order chi connectivity index (χ1) is 6.89. The fraction of sp³-hybridized carbons (Fsp3) is 0.889. The van der Waals surface area contributed by atoms with Gasteiger partial charge in [0.15, 0.2) is 0 Å². The van der Waals surface area contributed by atoms with Gasteiger partial charge in [-0.3, -0.25) is 4.79 Å². The fourth-order valence-corrected chi connectivity index (χ4v) is 1.55. The molecule has 88 valence electrons. The predicted octanol–water partition coefficient (Wildman–Crippen LogP) is 1.05. The third kappa shape index (κ3) is 4.07. The lowest BCUT2D eigenvalue weighted by atomic mass is 9.96. The average Bonchev–Trinajstić information content (AvgIpc) is 2.15. The van der Waals surface area contributed by atoms with Crippen LogP contribution in [0, 0.1) is 5.92 Å². The van der Waals surface area contributed by atoms with E-state index >= 15 is 0 Å². The van der Waals surface area contributed by atoms with Crippen LogP contribution in [0.5, 0.6) is 0 Å². The van der Waals surface area contributed by atoms with Gasteiger partial charge in [0.05, 0.1) is 0 Å². The van der Waals surface area contributed by atoms with E-state index in [1.165, 1.54) is 0 Å². The molecule has 0 aromatic rings. The van der Waals surface area contributed by atoms with E-state index in [0.717, 1.165) is 19.4 Å². The quantitative estimate of drug-likeness (QED) is 0.736. The van der Waals surface area contributed by atoms with Crippen molar-refractivity contribution in [3.05, 3.63) is 0 Å². The maximum Gasteiger partial charge on any atom is 0.471 e. The molecule has 3 nitrogen and oxygen atoms in total. The molecule has 0 bridgehead atoms. The van der Waals surface area contributed by atoms with E-state index in [0.29, 0.717) is 5.92 Å². The van der Waals surface area contributed by atoms with Crippen molar-refractivity contribution in [2.45, 2.75) is 32.0 Å². The van der Waals surface area contributed by atoms with Crippen LogP contribution in [0.25, 0.3) is 0 Å². The van der Waals surface area contributed by atoms with Crippen LogP contribution < -0.4 is 10.6 Å². The highest BCUT2D eigenvalue weighted by Crippen LogP contribution is 2.15. The molecule has 0 unspecified atom stereocenters. The van der Waals surface area contributed by atoms with Gasteiger partial charge in [0, 0.05) is 12.6 Å². The van der Waals surface area contributed by atoms with Gasteiger partial charge in [-0.05, 0) is 25.3 Å². The van der Waals surface area contributed by atoms with Crippen molar-refractivity contribution in [3.8, 4) is 0 Å². The van der Waals surface area contributed by atoms with Crippen LogP contribution in [0.1, 0.15) is 19.8 Å². The van der Waals surface area contributed by atoms with Gasteiger partial charge >= 0.3 is 12.1 Å². The molecule has 15 heavy (non-hydrogen) atoms. The Bertz CT molecular complexity index is 222. The molecule has 1 aliphatic rings. The number of hydrogen-bond acceptors (Lipinski definition) is 2. The van der Waals surface area contributed by atoms with Crippen molar-refractivity contribution in [1.29, 1.82) is 0 Å². The van der Waals surface area contributed by atoms with E-state index in [4.69, 9.17) is 0 Å². The summed E-state index contributed by atoms with van der Waals surface area (Å²) in [5.74, 6) is -1.30. The number of halogens is 3. The molecule has 2 atom stereocenters. The highest BCUT2D eigenvalue weighted by Gasteiger charge is 2.38. The monoisotopic (exact) mass is 224 g/mol. The largest absolute Gasteiger partial charge is 0.471 e. The maximum absolute atomic E-state index is 11.8. The topological polar surface area (TPSA) is 41.1 Å². The molecule has 2 N–H and O–H groups in total. The number of rotatable bonds is 2. The van der Waals surface area contributed by atoms with Crippen molar-refractivity contribution in [3.63, 3.8) is 0 Å². The summed E-state index contributed by atoms with van der Waals surface area (Å²) in [5, 5.41) is 4.97. The van der Waals surface area contributed by atoms with Gasteiger partial charge in [-0.1, -0.05) is 6.92 Å². The molecule has 0 radical (unpaired) electrons. The molecule has 1 rings (SSSR count). The summed E-state index contributed by atoms with van der Waals surface area (Å²) >= 11 is 0. The second kappa shape index (κ2) is 4.83. The van der Waals surface area contributed by atoms with Crippen LogP contribution in [0.15, 0.2) is 0 Å². The second-order valence-corrected chi connectivity index (χ2v) is 4.00. The molecular weight excluding hydrogens is 209 g/mol. The lowest BCUT2D eigenvalue weighted by molar-refractivity contribution is -0.173. The van der Waals surface area contributed by atoms with Crippen LogP contribution >= 0.6 is 0 Å². The summed E-state index contributed by atoms with van der Waals surface area (Å²) < 4.78 is 35.5. The van der Waals surface area contributed by atoms with Gasteiger partial charge in [-0.25, -0.2) is 0 Å². The van der Waals surface area contributed by atoms with E-state index in [9.17, 15) is 18.0 Å². The van der Waals surface area contributed by atoms with Crippen molar-refractivity contribution in [2.24, 2.45) is 5.92 Å². The van der Waals surface area contributed by atoms with Crippen molar-refractivity contribution in [1.82, 2.24) is 10.6 Å². The molecule has 0 aromatic heterocycles. The van der Waals surface area contributed by atoms with Crippen molar-refractivity contribution in [2.75, 3.05) is 13.1 Å². The molecule has 1 aliphatic heterocycles. The first-order valence-corrected chi connectivity index (χ1v) is 4.98. The molecule has 1 saturated heterocycles. The summed E-state index contributed by atoms with van der Waals surface area (Å²) in [5.41, 5.74) is 0. The predicted molar refractivity (Wildman–Crippen MR) is 49.3 cm³/mol. The second-order valence-electron chi connectivity index (χ2n) is 4.00. The molecule has 0 aliphatic carbocycles. The third-order valence-electron chi connectivity index (χ3n) is 2.53. The summed E-state index contributed by atoms with van der Waals surface area (Å²) in [6.45, 7) is 2.93. The van der Waals surface area contributed by atoms with Gasteiger partial charge < -0.3 is 10.6 Å². The average molecular weight is 224 g/mol. The maximum atomic E-state index is 11.8. The first-order valence-electron chi connectivity index (χ1n) is 4.98. The number of nitrogens with one attached hydrogen (secondary N) is 2. The van der Waals surface area contributed by atoms with Crippen LogP contribution in [0.3, 0.4) is 0 Å². The van der Waals surface area contributed by atoms with Gasteiger partial charge in [-0.2, -0.15) is 13.2 Å². The highest BCUT2D eigenvalue weighted by molar-refractivity contribution is 5.81. The Morgan fingerprint density at radius 1 is 1.47 bits per heavy atom. The Morgan fingerprint density at radius 2 is 2.13 bits per heavy atom. The van der Waals surface area contributed by atoms with E-state index in [1.807, 2.05) is 5.32 Å². The lowest BCUT2D eigenvalue weighted by Crippen LogP contribution is -2.48. The third-order valence-corrected chi connectivity index (χ3v) is 2.53. The van der Waals surface area contributed by atoms with Crippen LogP contribution in [0.4, 0.5) is 13.2 Å². The zero-order chi connectivity index (χ0) is 11.5. The van der Waals surface area contributed by atoms with E-state index in [1.54, 1.807) is 0 Å². The summed E-state index contributed by atoms with van der Waals surface area (Å²) in [6.07, 6.45) is -2.99. The Kier molecular flexibility index (Phi) is 3.96. The fourth-order valence-electron chi connectivity index (χ4n) is 1.55. The molecule has 1 heterocycles. The summed E-state index contributed by atoms with van der Waals surface area (Å²) in [7, 11) is 0. The number of amides is 1. The van der Waals surface area contributed by atoms with Gasteiger partial charge in [0.1, 0.15) is 0 Å². The number of carbonyl (C=O) groups is 1. The standard InChI is InChI=1S/C9H15F3N2O/c1-6-2-3-7(13-4-6)5-14-8(15)9(10,11)12/h6-7,13H,2-5H2,1H3,(H,14,15)/t6-,7-/m0/s1. The zero-order valence-corrected chi connectivity index (χ0v) is 8.53. The molecule has 0 spiro atoms. The van der Waals surface area contributed by atoms with E-state index in [-0.39, 0.29) is 12.6 Å². The highest BCUT2D eigenvalue weighted by atomic mass is 19.4. The summed E-state index contributed by atoms with van der Waals surface area (Å²) in [6, 6.07) is -0.0347. The molecule has 6 heteroatoms. The normalized spacial score (nSPS) is 27.5. The minimum atomic E-state index is -4.78.